The van der Waals surface area contributed by atoms with E-state index in [1.54, 1.807) is 19.1 Å². The standard InChI is InChI=1S/C19H15F5N6O/c1-10-16-13(30(28-27-16)14-3-2-11(8-20)9-26-14)5-7-29(10)18(31)17-15(21)12(4-6-25-17)19(22,23)24/h2-4,6,9-10H,5,7-8H2,1H3. The molecule has 162 valence electrons. The molecule has 0 saturated heterocycles. The zero-order valence-corrected chi connectivity index (χ0v) is 16.1. The fraction of sp³-hybridized carbons (Fsp3) is 0.316. The van der Waals surface area contributed by atoms with Crippen molar-refractivity contribution in [2.45, 2.75) is 32.2 Å². The maximum Gasteiger partial charge on any atom is 0.419 e. The Balaban J connectivity index is 1.64. The van der Waals surface area contributed by atoms with E-state index in [-0.39, 0.29) is 13.0 Å². The van der Waals surface area contributed by atoms with Crippen LogP contribution in [0, 0.1) is 5.82 Å². The normalized spacial score (nSPS) is 16.3. The smallest absolute Gasteiger partial charge is 0.328 e. The second-order valence-electron chi connectivity index (χ2n) is 6.93. The summed E-state index contributed by atoms with van der Waals surface area (Å²) in [5, 5.41) is 8.11. The van der Waals surface area contributed by atoms with E-state index in [4.69, 9.17) is 0 Å². The first-order valence-corrected chi connectivity index (χ1v) is 9.20. The molecule has 0 radical (unpaired) electrons. The van der Waals surface area contributed by atoms with Crippen molar-refractivity contribution >= 4 is 5.91 Å². The maximum absolute atomic E-state index is 14.4. The highest BCUT2D eigenvalue weighted by Gasteiger charge is 2.39. The van der Waals surface area contributed by atoms with Crippen LogP contribution in [-0.2, 0) is 19.3 Å². The molecule has 0 saturated carbocycles. The molecule has 4 heterocycles. The number of aromatic nitrogens is 5. The zero-order chi connectivity index (χ0) is 22.3. The van der Waals surface area contributed by atoms with Crippen LogP contribution in [-0.4, -0.2) is 42.3 Å². The first-order chi connectivity index (χ1) is 14.7. The van der Waals surface area contributed by atoms with Gasteiger partial charge in [-0.2, -0.15) is 17.9 Å². The van der Waals surface area contributed by atoms with Crippen LogP contribution in [0.25, 0.3) is 5.82 Å². The van der Waals surface area contributed by atoms with Crippen LogP contribution < -0.4 is 0 Å². The van der Waals surface area contributed by atoms with E-state index in [9.17, 15) is 26.7 Å². The summed E-state index contributed by atoms with van der Waals surface area (Å²) in [7, 11) is 0. The number of carbonyl (C=O) groups is 1. The molecular weight excluding hydrogens is 423 g/mol. The van der Waals surface area contributed by atoms with E-state index < -0.39 is 41.9 Å². The van der Waals surface area contributed by atoms with Crippen molar-refractivity contribution in [3.8, 4) is 5.82 Å². The number of carbonyl (C=O) groups excluding carboxylic acids is 1. The van der Waals surface area contributed by atoms with Gasteiger partial charge in [-0.05, 0) is 19.1 Å². The van der Waals surface area contributed by atoms with E-state index in [0.717, 1.165) is 6.20 Å². The third-order valence-electron chi connectivity index (χ3n) is 5.08. The summed E-state index contributed by atoms with van der Waals surface area (Å²) in [4.78, 5) is 21.7. The Morgan fingerprint density at radius 2 is 2.00 bits per heavy atom. The molecule has 1 aliphatic rings. The molecule has 1 atom stereocenters. The summed E-state index contributed by atoms with van der Waals surface area (Å²) in [6, 6.07) is 2.93. The van der Waals surface area contributed by atoms with Gasteiger partial charge in [-0.1, -0.05) is 11.3 Å². The van der Waals surface area contributed by atoms with E-state index >= 15 is 0 Å². The number of alkyl halides is 4. The van der Waals surface area contributed by atoms with Gasteiger partial charge in [0, 0.05) is 30.9 Å². The molecule has 3 aromatic heterocycles. The van der Waals surface area contributed by atoms with Crippen molar-refractivity contribution in [1.82, 2.24) is 29.9 Å². The number of hydrogen-bond donors (Lipinski definition) is 0. The summed E-state index contributed by atoms with van der Waals surface area (Å²) in [5.41, 5.74) is -0.998. The van der Waals surface area contributed by atoms with Crippen molar-refractivity contribution in [3.05, 3.63) is 64.6 Å². The Labute approximate surface area is 172 Å². The van der Waals surface area contributed by atoms with Gasteiger partial charge in [-0.3, -0.25) is 4.79 Å². The Hall–Kier alpha value is -3.44. The fourth-order valence-corrected chi connectivity index (χ4v) is 3.47. The van der Waals surface area contributed by atoms with Gasteiger partial charge < -0.3 is 4.90 Å². The van der Waals surface area contributed by atoms with Crippen LogP contribution >= 0.6 is 0 Å². The number of amides is 1. The van der Waals surface area contributed by atoms with Gasteiger partial charge in [-0.25, -0.2) is 18.7 Å². The molecule has 0 fully saturated rings. The monoisotopic (exact) mass is 438 g/mol. The lowest BCUT2D eigenvalue weighted by molar-refractivity contribution is -0.140. The maximum atomic E-state index is 14.4. The highest BCUT2D eigenvalue weighted by Crippen LogP contribution is 2.34. The van der Waals surface area contributed by atoms with Crippen LogP contribution in [0.15, 0.2) is 30.6 Å². The van der Waals surface area contributed by atoms with Crippen molar-refractivity contribution in [2.24, 2.45) is 0 Å². The van der Waals surface area contributed by atoms with E-state index in [0.29, 0.717) is 28.8 Å². The van der Waals surface area contributed by atoms with Crippen LogP contribution in [0.1, 0.15) is 46.0 Å². The quantitative estimate of drug-likeness (QED) is 0.586. The molecule has 12 heteroatoms. The molecule has 0 spiro atoms. The summed E-state index contributed by atoms with van der Waals surface area (Å²) in [6.07, 6.45) is -2.57. The van der Waals surface area contributed by atoms with Gasteiger partial charge in [-0.15, -0.1) is 5.10 Å². The van der Waals surface area contributed by atoms with E-state index in [1.165, 1.54) is 15.8 Å². The molecule has 31 heavy (non-hydrogen) atoms. The van der Waals surface area contributed by atoms with Crippen LogP contribution in [0.3, 0.4) is 0 Å². The Kier molecular flexibility index (Phi) is 5.15. The number of rotatable bonds is 3. The van der Waals surface area contributed by atoms with Gasteiger partial charge in [0.05, 0.1) is 17.3 Å². The summed E-state index contributed by atoms with van der Waals surface area (Å²) < 4.78 is 67.5. The minimum Gasteiger partial charge on any atom is -0.328 e. The minimum atomic E-state index is -4.95. The van der Waals surface area contributed by atoms with Gasteiger partial charge in [0.2, 0.25) is 0 Å². The lowest BCUT2D eigenvalue weighted by Crippen LogP contribution is -2.40. The molecular formula is C19H15F5N6O. The fourth-order valence-electron chi connectivity index (χ4n) is 3.47. The van der Waals surface area contributed by atoms with Crippen molar-refractivity contribution in [3.63, 3.8) is 0 Å². The molecule has 0 aliphatic carbocycles. The van der Waals surface area contributed by atoms with Crippen LogP contribution in [0.4, 0.5) is 22.0 Å². The molecule has 7 nitrogen and oxygen atoms in total. The molecule has 1 unspecified atom stereocenters. The highest BCUT2D eigenvalue weighted by molar-refractivity contribution is 5.93. The molecule has 0 bridgehead atoms. The number of fused-ring (bicyclic) bond motifs is 1. The van der Waals surface area contributed by atoms with E-state index in [2.05, 4.69) is 20.3 Å². The van der Waals surface area contributed by atoms with Gasteiger partial charge >= 0.3 is 6.18 Å². The average molecular weight is 438 g/mol. The van der Waals surface area contributed by atoms with Gasteiger partial charge in [0.15, 0.2) is 17.3 Å². The zero-order valence-electron chi connectivity index (χ0n) is 16.1. The van der Waals surface area contributed by atoms with Gasteiger partial charge in [0.25, 0.3) is 5.91 Å². The summed E-state index contributed by atoms with van der Waals surface area (Å²) in [6.45, 7) is 1.04. The lowest BCUT2D eigenvalue weighted by atomic mass is 10.0. The number of halogens is 5. The molecule has 0 N–H and O–H groups in total. The molecule has 1 aliphatic heterocycles. The topological polar surface area (TPSA) is 76.8 Å². The molecule has 1 amide bonds. The third kappa shape index (κ3) is 3.62. The Morgan fingerprint density at radius 3 is 2.65 bits per heavy atom. The predicted octanol–water partition coefficient (Wildman–Crippen LogP) is 3.44. The predicted molar refractivity (Wildman–Crippen MR) is 96.3 cm³/mol. The Morgan fingerprint density at radius 1 is 1.23 bits per heavy atom. The van der Waals surface area contributed by atoms with Crippen molar-refractivity contribution < 1.29 is 26.7 Å². The second-order valence-corrected chi connectivity index (χ2v) is 6.93. The van der Waals surface area contributed by atoms with Crippen molar-refractivity contribution in [1.29, 1.82) is 0 Å². The van der Waals surface area contributed by atoms with E-state index in [1.807, 2.05) is 0 Å². The number of hydrogen-bond acceptors (Lipinski definition) is 5. The average Bonchev–Trinajstić information content (AvgIpc) is 3.18. The minimum absolute atomic E-state index is 0.0836. The number of pyridine rings is 2. The molecule has 3 aromatic rings. The first kappa shape index (κ1) is 20.8. The van der Waals surface area contributed by atoms with Gasteiger partial charge in [0.1, 0.15) is 12.4 Å². The third-order valence-corrected chi connectivity index (χ3v) is 5.08. The molecule has 0 aromatic carbocycles. The summed E-state index contributed by atoms with van der Waals surface area (Å²) in [5.74, 6) is -2.27. The van der Waals surface area contributed by atoms with Crippen molar-refractivity contribution in [2.75, 3.05) is 6.54 Å². The molecule has 4 rings (SSSR count). The number of nitrogens with zero attached hydrogens (tertiary/aromatic N) is 6. The second kappa shape index (κ2) is 7.67. The highest BCUT2D eigenvalue weighted by atomic mass is 19.4. The lowest BCUT2D eigenvalue weighted by Gasteiger charge is -2.32. The summed E-state index contributed by atoms with van der Waals surface area (Å²) >= 11 is 0. The Bertz CT molecular complexity index is 1130. The largest absolute Gasteiger partial charge is 0.419 e. The van der Waals surface area contributed by atoms with Crippen LogP contribution in [0.2, 0.25) is 0 Å². The SMILES string of the molecule is CC1c2nnn(-c3ccc(CF)cn3)c2CCN1C(=O)c1nccc(C(F)(F)F)c1F. The van der Waals surface area contributed by atoms with Crippen LogP contribution in [0.5, 0.6) is 0 Å². The first-order valence-electron chi connectivity index (χ1n) is 9.20.